The summed E-state index contributed by atoms with van der Waals surface area (Å²) < 4.78 is 0. The first-order valence-electron chi connectivity index (χ1n) is 8.57. The number of hydrogen-bond donors (Lipinski definition) is 1. The number of carboxylic acids is 1. The van der Waals surface area contributed by atoms with Crippen molar-refractivity contribution >= 4 is 17.6 Å². The SMILES string of the molecule is CC1CCCN(c2cc(N3CC(C)CC(C(=O)O)C3)ncn2)C1. The van der Waals surface area contributed by atoms with Crippen LogP contribution in [-0.4, -0.2) is 47.2 Å². The summed E-state index contributed by atoms with van der Waals surface area (Å²) in [5.74, 6) is 1.84. The molecule has 3 rings (SSSR count). The van der Waals surface area contributed by atoms with E-state index in [2.05, 4.69) is 33.6 Å². The largest absolute Gasteiger partial charge is 0.481 e. The van der Waals surface area contributed by atoms with Crippen molar-refractivity contribution in [3.63, 3.8) is 0 Å². The highest BCUT2D eigenvalue weighted by molar-refractivity contribution is 5.71. The predicted octanol–water partition coefficient (Wildman–Crippen LogP) is 2.26. The Morgan fingerprint density at radius 3 is 2.52 bits per heavy atom. The molecule has 6 nitrogen and oxygen atoms in total. The van der Waals surface area contributed by atoms with Gasteiger partial charge in [0.2, 0.25) is 0 Å². The fraction of sp³-hybridized carbons (Fsp3) is 0.706. The number of anilines is 2. The van der Waals surface area contributed by atoms with Crippen LogP contribution in [0.15, 0.2) is 12.4 Å². The van der Waals surface area contributed by atoms with Gasteiger partial charge in [-0.15, -0.1) is 0 Å². The van der Waals surface area contributed by atoms with Crippen molar-refractivity contribution in [2.24, 2.45) is 17.8 Å². The Labute approximate surface area is 137 Å². The minimum absolute atomic E-state index is 0.313. The molecule has 0 aliphatic carbocycles. The number of piperidine rings is 2. The molecule has 6 heteroatoms. The Bertz CT molecular complexity index is 565. The summed E-state index contributed by atoms with van der Waals surface area (Å²) >= 11 is 0. The van der Waals surface area contributed by atoms with E-state index in [9.17, 15) is 9.90 Å². The van der Waals surface area contributed by atoms with E-state index in [1.54, 1.807) is 6.33 Å². The van der Waals surface area contributed by atoms with Crippen molar-refractivity contribution in [3.8, 4) is 0 Å². The lowest BCUT2D eigenvalue weighted by molar-refractivity contribution is -0.142. The molecule has 0 aromatic carbocycles. The Morgan fingerprint density at radius 1 is 1.13 bits per heavy atom. The zero-order valence-electron chi connectivity index (χ0n) is 14.0. The van der Waals surface area contributed by atoms with Gasteiger partial charge in [0.15, 0.2) is 0 Å². The van der Waals surface area contributed by atoms with Crippen molar-refractivity contribution in [2.75, 3.05) is 36.0 Å². The molecule has 23 heavy (non-hydrogen) atoms. The molecule has 1 aromatic heterocycles. The molecule has 0 bridgehead atoms. The van der Waals surface area contributed by atoms with Crippen molar-refractivity contribution in [1.29, 1.82) is 0 Å². The molecule has 1 aromatic rings. The zero-order valence-corrected chi connectivity index (χ0v) is 14.0. The Hall–Kier alpha value is -1.85. The smallest absolute Gasteiger partial charge is 0.308 e. The van der Waals surface area contributed by atoms with E-state index < -0.39 is 5.97 Å². The van der Waals surface area contributed by atoms with Crippen molar-refractivity contribution in [1.82, 2.24) is 9.97 Å². The van der Waals surface area contributed by atoms with Gasteiger partial charge in [0.25, 0.3) is 0 Å². The van der Waals surface area contributed by atoms with Crippen LogP contribution in [0.5, 0.6) is 0 Å². The second kappa shape index (κ2) is 6.72. The molecule has 0 radical (unpaired) electrons. The first-order valence-corrected chi connectivity index (χ1v) is 8.57. The molecule has 3 atom stereocenters. The van der Waals surface area contributed by atoms with Crippen LogP contribution in [0, 0.1) is 17.8 Å². The molecule has 1 N–H and O–H groups in total. The molecule has 0 spiro atoms. The van der Waals surface area contributed by atoms with Gasteiger partial charge in [-0.1, -0.05) is 13.8 Å². The molecule has 3 heterocycles. The molecule has 3 unspecified atom stereocenters. The number of hydrogen-bond acceptors (Lipinski definition) is 5. The van der Waals surface area contributed by atoms with E-state index in [1.807, 2.05) is 6.07 Å². The average Bonchev–Trinajstić information content (AvgIpc) is 2.54. The maximum atomic E-state index is 11.4. The summed E-state index contributed by atoms with van der Waals surface area (Å²) in [6, 6.07) is 2.02. The van der Waals surface area contributed by atoms with E-state index in [0.717, 1.165) is 37.7 Å². The number of rotatable bonds is 3. The molecular formula is C17H26N4O2. The topological polar surface area (TPSA) is 69.6 Å². The van der Waals surface area contributed by atoms with Crippen molar-refractivity contribution < 1.29 is 9.90 Å². The van der Waals surface area contributed by atoms with E-state index in [1.165, 1.54) is 12.8 Å². The lowest BCUT2D eigenvalue weighted by Gasteiger charge is -2.36. The van der Waals surface area contributed by atoms with Crippen LogP contribution in [0.3, 0.4) is 0 Å². The van der Waals surface area contributed by atoms with Crippen LogP contribution in [-0.2, 0) is 4.79 Å². The summed E-state index contributed by atoms with van der Waals surface area (Å²) in [5, 5.41) is 9.34. The van der Waals surface area contributed by atoms with Gasteiger partial charge in [-0.2, -0.15) is 0 Å². The van der Waals surface area contributed by atoms with Crippen LogP contribution >= 0.6 is 0 Å². The minimum atomic E-state index is -0.708. The molecule has 126 valence electrons. The highest BCUT2D eigenvalue weighted by Crippen LogP contribution is 2.28. The van der Waals surface area contributed by atoms with Gasteiger partial charge in [-0.05, 0) is 31.1 Å². The maximum absolute atomic E-state index is 11.4. The third kappa shape index (κ3) is 3.74. The van der Waals surface area contributed by atoms with Gasteiger partial charge in [0.1, 0.15) is 18.0 Å². The number of aliphatic carboxylic acids is 1. The molecule has 0 saturated carbocycles. The number of aromatic nitrogens is 2. The fourth-order valence-corrected chi connectivity index (χ4v) is 3.80. The average molecular weight is 318 g/mol. The van der Waals surface area contributed by atoms with Crippen molar-refractivity contribution in [2.45, 2.75) is 33.1 Å². The second-order valence-electron chi connectivity index (χ2n) is 7.21. The first-order chi connectivity index (χ1) is 11.0. The molecule has 2 aliphatic rings. The molecular weight excluding hydrogens is 292 g/mol. The highest BCUT2D eigenvalue weighted by atomic mass is 16.4. The van der Waals surface area contributed by atoms with Crippen molar-refractivity contribution in [3.05, 3.63) is 12.4 Å². The lowest BCUT2D eigenvalue weighted by atomic mass is 9.90. The predicted molar refractivity (Wildman–Crippen MR) is 89.8 cm³/mol. The van der Waals surface area contributed by atoms with Gasteiger partial charge in [0.05, 0.1) is 5.92 Å². The summed E-state index contributed by atoms with van der Waals surface area (Å²) in [6.07, 6.45) is 4.83. The number of nitrogens with zero attached hydrogens (tertiary/aromatic N) is 4. The normalized spacial score (nSPS) is 28.7. The number of carbonyl (C=O) groups is 1. The van der Waals surface area contributed by atoms with Crippen LogP contribution in [0.25, 0.3) is 0 Å². The Kier molecular flexibility index (Phi) is 4.68. The lowest BCUT2D eigenvalue weighted by Crippen LogP contribution is -2.43. The van der Waals surface area contributed by atoms with Gasteiger partial charge in [-0.25, -0.2) is 9.97 Å². The maximum Gasteiger partial charge on any atom is 0.308 e. The standard InChI is InChI=1S/C17H26N4O2/c1-12-4-3-5-20(8-12)15-7-16(19-11-18-15)21-9-13(2)6-14(10-21)17(22)23/h7,11-14H,3-6,8-10H2,1-2H3,(H,22,23). The summed E-state index contributed by atoms with van der Waals surface area (Å²) in [7, 11) is 0. The first kappa shape index (κ1) is 16.0. The van der Waals surface area contributed by atoms with Crippen LogP contribution in [0.4, 0.5) is 11.6 Å². The zero-order chi connectivity index (χ0) is 16.4. The van der Waals surface area contributed by atoms with Gasteiger partial charge >= 0.3 is 5.97 Å². The van der Waals surface area contributed by atoms with Gasteiger partial charge in [-0.3, -0.25) is 4.79 Å². The Morgan fingerprint density at radius 2 is 1.83 bits per heavy atom. The molecule has 0 amide bonds. The van der Waals surface area contributed by atoms with Gasteiger partial charge in [0, 0.05) is 32.2 Å². The van der Waals surface area contributed by atoms with Gasteiger partial charge < -0.3 is 14.9 Å². The Balaban J connectivity index is 1.77. The van der Waals surface area contributed by atoms with E-state index >= 15 is 0 Å². The molecule has 2 aliphatic heterocycles. The third-order valence-electron chi connectivity index (χ3n) is 4.95. The third-order valence-corrected chi connectivity index (χ3v) is 4.95. The quantitative estimate of drug-likeness (QED) is 0.922. The molecule has 2 fully saturated rings. The van der Waals surface area contributed by atoms with Crippen LogP contribution in [0.1, 0.15) is 33.1 Å². The molecule has 2 saturated heterocycles. The second-order valence-corrected chi connectivity index (χ2v) is 7.21. The monoisotopic (exact) mass is 318 g/mol. The van der Waals surface area contributed by atoms with Crippen LogP contribution < -0.4 is 9.80 Å². The number of carboxylic acid groups (broad SMARTS) is 1. The summed E-state index contributed by atoms with van der Waals surface area (Å²) in [5.41, 5.74) is 0. The highest BCUT2D eigenvalue weighted by Gasteiger charge is 2.30. The van der Waals surface area contributed by atoms with E-state index in [-0.39, 0.29) is 5.92 Å². The fourth-order valence-electron chi connectivity index (χ4n) is 3.80. The summed E-state index contributed by atoms with van der Waals surface area (Å²) in [4.78, 5) is 24.6. The summed E-state index contributed by atoms with van der Waals surface area (Å²) in [6.45, 7) is 7.84. The minimum Gasteiger partial charge on any atom is -0.481 e. The van der Waals surface area contributed by atoms with Crippen LogP contribution in [0.2, 0.25) is 0 Å². The van der Waals surface area contributed by atoms with E-state index in [4.69, 9.17) is 0 Å². The van der Waals surface area contributed by atoms with E-state index in [0.29, 0.717) is 18.4 Å².